The third-order valence-corrected chi connectivity index (χ3v) is 4.89. The second kappa shape index (κ2) is 9.86. The van der Waals surface area contributed by atoms with Gasteiger partial charge in [0.2, 0.25) is 0 Å². The highest BCUT2D eigenvalue weighted by molar-refractivity contribution is 6.31. The lowest BCUT2D eigenvalue weighted by molar-refractivity contribution is -0.384. The first kappa shape index (κ1) is 22.0. The average Bonchev–Trinajstić information content (AvgIpc) is 2.78. The van der Waals surface area contributed by atoms with Crippen LogP contribution in [0, 0.1) is 10.1 Å². The number of nitrogens with zero attached hydrogens (tertiary/aromatic N) is 2. The highest BCUT2D eigenvalue weighted by atomic mass is 35.5. The van der Waals surface area contributed by atoms with Crippen molar-refractivity contribution in [1.82, 2.24) is 0 Å². The van der Waals surface area contributed by atoms with Crippen molar-refractivity contribution in [3.05, 3.63) is 105 Å². The van der Waals surface area contributed by atoms with Gasteiger partial charge in [-0.3, -0.25) is 19.8 Å². The van der Waals surface area contributed by atoms with Gasteiger partial charge >= 0.3 is 5.97 Å². The maximum atomic E-state index is 13.4. The number of nitro groups is 1. The number of hydrogen-bond acceptors (Lipinski definition) is 5. The molecule has 0 atom stereocenters. The van der Waals surface area contributed by atoms with Gasteiger partial charge in [0.05, 0.1) is 23.6 Å². The number of anilines is 1. The Morgan fingerprint density at radius 2 is 1.68 bits per heavy atom. The Morgan fingerprint density at radius 1 is 1.00 bits per heavy atom. The van der Waals surface area contributed by atoms with Crippen molar-refractivity contribution in [2.75, 3.05) is 11.5 Å². The van der Waals surface area contributed by atoms with Crippen molar-refractivity contribution >= 4 is 34.9 Å². The molecule has 0 spiro atoms. The lowest BCUT2D eigenvalue weighted by Gasteiger charge is -2.24. The quantitative estimate of drug-likeness (QED) is 0.284. The molecule has 0 aliphatic heterocycles. The molecule has 0 aliphatic rings. The first-order chi connectivity index (χ1) is 14.9. The van der Waals surface area contributed by atoms with E-state index in [1.807, 2.05) is 0 Å². The SMILES string of the molecule is CCOC(=O)c1ccc([N+](=O)[O-])c(N(Cc2ccccc2Cl)C(=O)c2ccccc2)c1. The number of amides is 1. The van der Waals surface area contributed by atoms with Gasteiger partial charge in [0.25, 0.3) is 11.6 Å². The first-order valence-corrected chi connectivity index (χ1v) is 9.86. The van der Waals surface area contributed by atoms with E-state index in [1.54, 1.807) is 61.5 Å². The molecule has 1 amide bonds. The lowest BCUT2D eigenvalue weighted by atomic mass is 10.1. The second-order valence-corrected chi connectivity index (χ2v) is 6.94. The summed E-state index contributed by atoms with van der Waals surface area (Å²) in [6, 6.07) is 19.1. The molecule has 158 valence electrons. The van der Waals surface area contributed by atoms with E-state index < -0.39 is 16.8 Å². The van der Waals surface area contributed by atoms with E-state index in [1.165, 1.54) is 23.1 Å². The maximum Gasteiger partial charge on any atom is 0.338 e. The van der Waals surface area contributed by atoms with Gasteiger partial charge in [-0.05, 0) is 42.8 Å². The summed E-state index contributed by atoms with van der Waals surface area (Å²) in [5.74, 6) is -1.10. The molecular weight excluding hydrogens is 420 g/mol. The fourth-order valence-electron chi connectivity index (χ4n) is 3.04. The Morgan fingerprint density at radius 3 is 2.32 bits per heavy atom. The van der Waals surface area contributed by atoms with E-state index in [0.29, 0.717) is 16.1 Å². The Balaban J connectivity index is 2.16. The summed E-state index contributed by atoms with van der Waals surface area (Å²) in [4.78, 5) is 38.0. The van der Waals surface area contributed by atoms with Crippen LogP contribution >= 0.6 is 11.6 Å². The fraction of sp³-hybridized carbons (Fsp3) is 0.130. The van der Waals surface area contributed by atoms with Crippen LogP contribution in [0.1, 0.15) is 33.2 Å². The molecule has 7 nitrogen and oxygen atoms in total. The Labute approximate surface area is 184 Å². The van der Waals surface area contributed by atoms with Crippen LogP contribution in [0.2, 0.25) is 5.02 Å². The van der Waals surface area contributed by atoms with Gasteiger partial charge in [-0.2, -0.15) is 0 Å². The molecule has 0 heterocycles. The largest absolute Gasteiger partial charge is 0.462 e. The minimum Gasteiger partial charge on any atom is -0.462 e. The highest BCUT2D eigenvalue weighted by Gasteiger charge is 2.28. The van der Waals surface area contributed by atoms with E-state index in [9.17, 15) is 19.7 Å². The van der Waals surface area contributed by atoms with Crippen LogP contribution in [0.4, 0.5) is 11.4 Å². The molecule has 0 aromatic heterocycles. The topological polar surface area (TPSA) is 89.8 Å². The molecule has 0 saturated heterocycles. The molecule has 3 aromatic carbocycles. The third-order valence-electron chi connectivity index (χ3n) is 4.53. The summed E-state index contributed by atoms with van der Waals surface area (Å²) in [6.07, 6.45) is 0. The van der Waals surface area contributed by atoms with Crippen LogP contribution in [0.3, 0.4) is 0 Å². The van der Waals surface area contributed by atoms with Gasteiger partial charge in [0.15, 0.2) is 0 Å². The van der Waals surface area contributed by atoms with Gasteiger partial charge in [-0.15, -0.1) is 0 Å². The molecular formula is C23H19ClN2O5. The smallest absolute Gasteiger partial charge is 0.338 e. The number of rotatable bonds is 7. The van der Waals surface area contributed by atoms with Crippen LogP contribution in [-0.2, 0) is 11.3 Å². The zero-order valence-electron chi connectivity index (χ0n) is 16.7. The van der Waals surface area contributed by atoms with Crippen molar-refractivity contribution in [1.29, 1.82) is 0 Å². The van der Waals surface area contributed by atoms with Gasteiger partial charge < -0.3 is 4.74 Å². The number of nitro benzene ring substituents is 1. The highest BCUT2D eigenvalue weighted by Crippen LogP contribution is 2.33. The molecule has 0 fully saturated rings. The van der Waals surface area contributed by atoms with Crippen molar-refractivity contribution < 1.29 is 19.2 Å². The monoisotopic (exact) mass is 438 g/mol. The molecule has 8 heteroatoms. The minimum atomic E-state index is -0.636. The van der Waals surface area contributed by atoms with Crippen molar-refractivity contribution in [3.63, 3.8) is 0 Å². The Bertz CT molecular complexity index is 1120. The van der Waals surface area contributed by atoms with E-state index in [4.69, 9.17) is 16.3 Å². The molecule has 0 aliphatic carbocycles. The number of benzene rings is 3. The third kappa shape index (κ3) is 5.07. The van der Waals surface area contributed by atoms with Crippen LogP contribution in [0.5, 0.6) is 0 Å². The lowest BCUT2D eigenvalue weighted by Crippen LogP contribution is -2.31. The summed E-state index contributed by atoms with van der Waals surface area (Å²) >= 11 is 6.29. The summed E-state index contributed by atoms with van der Waals surface area (Å²) in [5, 5.41) is 12.2. The maximum absolute atomic E-state index is 13.4. The molecule has 3 aromatic rings. The Hall–Kier alpha value is -3.71. The molecule has 0 radical (unpaired) electrons. The number of carbonyl (C=O) groups excluding carboxylic acids is 2. The summed E-state index contributed by atoms with van der Waals surface area (Å²) in [7, 11) is 0. The molecule has 31 heavy (non-hydrogen) atoms. The number of halogens is 1. The number of ether oxygens (including phenoxy) is 1. The van der Waals surface area contributed by atoms with E-state index >= 15 is 0 Å². The van der Waals surface area contributed by atoms with E-state index in [0.717, 1.165) is 0 Å². The van der Waals surface area contributed by atoms with Gasteiger partial charge in [-0.25, -0.2) is 4.79 Å². The summed E-state index contributed by atoms with van der Waals surface area (Å²) < 4.78 is 5.01. The van der Waals surface area contributed by atoms with Gasteiger partial charge in [0.1, 0.15) is 5.69 Å². The summed E-state index contributed by atoms with van der Waals surface area (Å²) in [5.41, 5.74) is 0.704. The van der Waals surface area contributed by atoms with Crippen LogP contribution in [0.25, 0.3) is 0 Å². The predicted octanol–water partition coefficient (Wildman–Crippen LogP) is 5.27. The van der Waals surface area contributed by atoms with Gasteiger partial charge in [-0.1, -0.05) is 48.0 Å². The number of carbonyl (C=O) groups is 2. The van der Waals surface area contributed by atoms with Crippen LogP contribution in [0.15, 0.2) is 72.8 Å². The first-order valence-electron chi connectivity index (χ1n) is 9.48. The number of hydrogen-bond donors (Lipinski definition) is 0. The van der Waals surface area contributed by atoms with Crippen molar-refractivity contribution in [2.45, 2.75) is 13.5 Å². The zero-order chi connectivity index (χ0) is 22.4. The molecule has 0 saturated carbocycles. The molecule has 3 rings (SSSR count). The van der Waals surface area contributed by atoms with Crippen LogP contribution in [-0.4, -0.2) is 23.4 Å². The van der Waals surface area contributed by atoms with Crippen molar-refractivity contribution in [3.8, 4) is 0 Å². The number of esters is 1. The normalized spacial score (nSPS) is 10.4. The Kier molecular flexibility index (Phi) is 6.99. The van der Waals surface area contributed by atoms with Crippen molar-refractivity contribution in [2.24, 2.45) is 0 Å². The molecule has 0 bridgehead atoms. The van der Waals surface area contributed by atoms with E-state index in [2.05, 4.69) is 0 Å². The second-order valence-electron chi connectivity index (χ2n) is 6.53. The van der Waals surface area contributed by atoms with Gasteiger partial charge in [0, 0.05) is 16.7 Å². The van der Waals surface area contributed by atoms with E-state index in [-0.39, 0.29) is 30.1 Å². The zero-order valence-corrected chi connectivity index (χ0v) is 17.4. The van der Waals surface area contributed by atoms with Crippen LogP contribution < -0.4 is 4.90 Å². The average molecular weight is 439 g/mol. The summed E-state index contributed by atoms with van der Waals surface area (Å²) in [6.45, 7) is 1.78. The minimum absolute atomic E-state index is 0.0238. The molecule has 0 N–H and O–H groups in total. The molecule has 0 unspecified atom stereocenters. The fourth-order valence-corrected chi connectivity index (χ4v) is 3.23. The standard InChI is InChI=1S/C23H19ClN2O5/c1-2-31-23(28)17-12-13-20(26(29)30)21(14-17)25(15-18-10-6-7-11-19(18)24)22(27)16-8-4-3-5-9-16/h3-14H,2,15H2,1H3. The predicted molar refractivity (Wildman–Crippen MR) is 117 cm³/mol.